The molecule has 6 heteroatoms. The van der Waals surface area contributed by atoms with Crippen LogP contribution in [0.3, 0.4) is 0 Å². The van der Waals surface area contributed by atoms with Crippen LogP contribution in [-0.2, 0) is 0 Å². The van der Waals surface area contributed by atoms with E-state index in [1.165, 1.54) is 6.07 Å². The summed E-state index contributed by atoms with van der Waals surface area (Å²) >= 11 is 0. The summed E-state index contributed by atoms with van der Waals surface area (Å²) in [6.45, 7) is 2.64. The Morgan fingerprint density at radius 3 is 2.83 bits per heavy atom. The predicted octanol–water partition coefficient (Wildman–Crippen LogP) is 2.48. The van der Waals surface area contributed by atoms with Crippen molar-refractivity contribution in [2.45, 2.75) is 6.92 Å². The number of nitrogens with one attached hydrogen (secondary N) is 1. The van der Waals surface area contributed by atoms with Crippen molar-refractivity contribution in [2.75, 3.05) is 11.9 Å². The molecule has 0 radical (unpaired) electrons. The molecule has 0 fully saturated rings. The zero-order chi connectivity index (χ0) is 13.0. The SMILES string of the molecule is CCNc1ccc([N+](=O)[O-])c(-c2cccnc2)n1. The second-order valence-electron chi connectivity index (χ2n) is 3.59. The molecule has 0 aliphatic rings. The Bertz CT molecular complexity index is 557. The van der Waals surface area contributed by atoms with E-state index in [1.54, 1.807) is 30.6 Å². The van der Waals surface area contributed by atoms with Crippen LogP contribution in [0.15, 0.2) is 36.7 Å². The molecule has 1 N–H and O–H groups in total. The minimum absolute atomic E-state index is 0.0235. The van der Waals surface area contributed by atoms with Crippen LogP contribution < -0.4 is 5.32 Å². The third kappa shape index (κ3) is 2.42. The Balaban J connectivity index is 2.54. The van der Waals surface area contributed by atoms with Gasteiger partial charge in [0, 0.05) is 30.6 Å². The normalized spacial score (nSPS) is 10.1. The number of hydrogen-bond acceptors (Lipinski definition) is 5. The number of hydrogen-bond donors (Lipinski definition) is 1. The Hall–Kier alpha value is -2.50. The van der Waals surface area contributed by atoms with Gasteiger partial charge >= 0.3 is 0 Å². The number of nitro groups is 1. The minimum atomic E-state index is -0.439. The smallest absolute Gasteiger partial charge is 0.295 e. The van der Waals surface area contributed by atoms with E-state index >= 15 is 0 Å². The fourth-order valence-electron chi connectivity index (χ4n) is 1.59. The van der Waals surface area contributed by atoms with Crippen LogP contribution in [0.2, 0.25) is 0 Å². The summed E-state index contributed by atoms with van der Waals surface area (Å²) in [6, 6.07) is 6.52. The van der Waals surface area contributed by atoms with Crippen molar-refractivity contribution < 1.29 is 4.92 Å². The lowest BCUT2D eigenvalue weighted by atomic mass is 10.1. The molecule has 0 amide bonds. The van der Waals surface area contributed by atoms with Crippen LogP contribution in [0.25, 0.3) is 11.3 Å². The average Bonchev–Trinajstić information content (AvgIpc) is 2.40. The third-order valence-electron chi connectivity index (χ3n) is 2.36. The summed E-state index contributed by atoms with van der Waals surface area (Å²) in [7, 11) is 0. The molecule has 0 aliphatic heterocycles. The molecule has 18 heavy (non-hydrogen) atoms. The van der Waals surface area contributed by atoms with Crippen LogP contribution in [0.4, 0.5) is 11.5 Å². The Morgan fingerprint density at radius 2 is 2.22 bits per heavy atom. The highest BCUT2D eigenvalue weighted by molar-refractivity contribution is 5.70. The molecular formula is C12H12N4O2. The lowest BCUT2D eigenvalue weighted by Crippen LogP contribution is -2.02. The summed E-state index contributed by atoms with van der Waals surface area (Å²) in [6.07, 6.45) is 3.18. The van der Waals surface area contributed by atoms with Crippen molar-refractivity contribution >= 4 is 11.5 Å². The quantitative estimate of drug-likeness (QED) is 0.660. The first kappa shape index (κ1) is 12.0. The van der Waals surface area contributed by atoms with Gasteiger partial charge in [-0.25, -0.2) is 4.98 Å². The number of rotatable bonds is 4. The minimum Gasteiger partial charge on any atom is -0.370 e. The standard InChI is InChI=1S/C12H12N4O2/c1-2-14-11-6-5-10(16(17)18)12(15-11)9-4-3-7-13-8-9/h3-8H,2H2,1H3,(H,14,15). The van der Waals surface area contributed by atoms with Crippen LogP contribution in [0, 0.1) is 10.1 Å². The zero-order valence-electron chi connectivity index (χ0n) is 9.83. The monoisotopic (exact) mass is 244 g/mol. The van der Waals surface area contributed by atoms with Gasteiger partial charge in [-0.05, 0) is 25.1 Å². The molecule has 0 saturated heterocycles. The number of pyridine rings is 2. The van der Waals surface area contributed by atoms with Gasteiger partial charge in [0.2, 0.25) is 0 Å². The molecule has 0 aliphatic carbocycles. The highest BCUT2D eigenvalue weighted by atomic mass is 16.6. The topological polar surface area (TPSA) is 81.0 Å². The molecule has 0 bridgehead atoms. The van der Waals surface area contributed by atoms with Crippen molar-refractivity contribution in [2.24, 2.45) is 0 Å². The Morgan fingerprint density at radius 1 is 1.39 bits per heavy atom. The summed E-state index contributed by atoms with van der Waals surface area (Å²) in [4.78, 5) is 18.8. The predicted molar refractivity (Wildman–Crippen MR) is 68.3 cm³/mol. The molecule has 0 atom stereocenters. The van der Waals surface area contributed by atoms with Crippen molar-refractivity contribution in [1.82, 2.24) is 9.97 Å². The van der Waals surface area contributed by atoms with E-state index in [1.807, 2.05) is 6.92 Å². The van der Waals surface area contributed by atoms with E-state index in [4.69, 9.17) is 0 Å². The van der Waals surface area contributed by atoms with Crippen molar-refractivity contribution in [3.8, 4) is 11.3 Å². The van der Waals surface area contributed by atoms with Gasteiger partial charge in [0.1, 0.15) is 5.82 Å². The van der Waals surface area contributed by atoms with Crippen LogP contribution in [-0.4, -0.2) is 21.4 Å². The molecule has 2 aromatic rings. The van der Waals surface area contributed by atoms with Crippen LogP contribution >= 0.6 is 0 Å². The van der Waals surface area contributed by atoms with Gasteiger partial charge < -0.3 is 5.32 Å². The van der Waals surface area contributed by atoms with E-state index < -0.39 is 4.92 Å². The number of aromatic nitrogens is 2. The average molecular weight is 244 g/mol. The Labute approximate surface area is 104 Å². The first-order chi connectivity index (χ1) is 8.72. The van der Waals surface area contributed by atoms with Gasteiger partial charge in [-0.2, -0.15) is 0 Å². The second-order valence-corrected chi connectivity index (χ2v) is 3.59. The lowest BCUT2D eigenvalue weighted by Gasteiger charge is -2.06. The van der Waals surface area contributed by atoms with E-state index in [2.05, 4.69) is 15.3 Å². The molecule has 6 nitrogen and oxygen atoms in total. The summed E-state index contributed by atoms with van der Waals surface area (Å²) in [5.74, 6) is 0.613. The number of nitrogens with zero attached hydrogens (tertiary/aromatic N) is 3. The molecule has 0 unspecified atom stereocenters. The molecule has 2 heterocycles. The van der Waals surface area contributed by atoms with Gasteiger partial charge in [0.25, 0.3) is 5.69 Å². The number of anilines is 1. The van der Waals surface area contributed by atoms with Crippen LogP contribution in [0.1, 0.15) is 6.92 Å². The van der Waals surface area contributed by atoms with Gasteiger partial charge in [0.05, 0.1) is 4.92 Å². The fraction of sp³-hybridized carbons (Fsp3) is 0.167. The van der Waals surface area contributed by atoms with Crippen molar-refractivity contribution in [3.05, 3.63) is 46.8 Å². The highest BCUT2D eigenvalue weighted by Gasteiger charge is 2.17. The largest absolute Gasteiger partial charge is 0.370 e. The van der Waals surface area contributed by atoms with Gasteiger partial charge in [-0.15, -0.1) is 0 Å². The highest BCUT2D eigenvalue weighted by Crippen LogP contribution is 2.28. The molecule has 0 saturated carbocycles. The molecule has 2 aromatic heterocycles. The maximum absolute atomic E-state index is 11.0. The third-order valence-corrected chi connectivity index (χ3v) is 2.36. The van der Waals surface area contributed by atoms with E-state index in [0.29, 0.717) is 23.6 Å². The van der Waals surface area contributed by atoms with Gasteiger partial charge in [-0.1, -0.05) is 0 Å². The Kier molecular flexibility index (Phi) is 3.47. The van der Waals surface area contributed by atoms with E-state index in [-0.39, 0.29) is 5.69 Å². The molecule has 2 rings (SSSR count). The summed E-state index contributed by atoms with van der Waals surface area (Å²) in [5, 5.41) is 14.0. The zero-order valence-corrected chi connectivity index (χ0v) is 9.83. The summed E-state index contributed by atoms with van der Waals surface area (Å²) < 4.78 is 0. The first-order valence-corrected chi connectivity index (χ1v) is 5.52. The lowest BCUT2D eigenvalue weighted by molar-refractivity contribution is -0.384. The molecule has 0 aromatic carbocycles. The van der Waals surface area contributed by atoms with Crippen LogP contribution in [0.5, 0.6) is 0 Å². The first-order valence-electron chi connectivity index (χ1n) is 5.52. The van der Waals surface area contributed by atoms with Crippen molar-refractivity contribution in [1.29, 1.82) is 0 Å². The van der Waals surface area contributed by atoms with Crippen molar-refractivity contribution in [3.63, 3.8) is 0 Å². The van der Waals surface area contributed by atoms with E-state index in [9.17, 15) is 10.1 Å². The second kappa shape index (κ2) is 5.22. The maximum Gasteiger partial charge on any atom is 0.295 e. The maximum atomic E-state index is 11.0. The molecule has 92 valence electrons. The van der Waals surface area contributed by atoms with Gasteiger partial charge in [0.15, 0.2) is 5.69 Å². The fourth-order valence-corrected chi connectivity index (χ4v) is 1.59. The van der Waals surface area contributed by atoms with E-state index in [0.717, 1.165) is 0 Å². The summed E-state index contributed by atoms with van der Waals surface area (Å²) in [5.41, 5.74) is 0.931. The van der Waals surface area contributed by atoms with Gasteiger partial charge in [-0.3, -0.25) is 15.1 Å². The molecule has 0 spiro atoms. The molecular weight excluding hydrogens is 232 g/mol.